The zero-order valence-electron chi connectivity index (χ0n) is 14.3. The Morgan fingerprint density at radius 3 is 2.61 bits per heavy atom. The van der Waals surface area contributed by atoms with Gasteiger partial charge in [-0.05, 0) is 44.8 Å². The molecule has 0 amide bonds. The first-order valence-electron chi connectivity index (χ1n) is 8.70. The minimum absolute atomic E-state index is 0.617. The molecule has 1 atom stereocenters. The maximum atomic E-state index is 4.38. The molecule has 23 heavy (non-hydrogen) atoms. The molecule has 1 aromatic carbocycles. The first kappa shape index (κ1) is 16.2. The van der Waals surface area contributed by atoms with Crippen LogP contribution in [0.5, 0.6) is 0 Å². The van der Waals surface area contributed by atoms with Gasteiger partial charge in [-0.3, -0.25) is 0 Å². The van der Waals surface area contributed by atoms with E-state index in [1.54, 1.807) is 0 Å². The number of rotatable bonds is 6. The smallest absolute Gasteiger partial charge is 0.122 e. The third-order valence-corrected chi connectivity index (χ3v) is 5.00. The molecule has 1 aliphatic heterocycles. The zero-order chi connectivity index (χ0) is 16.1. The Balaban J connectivity index is 1.42. The number of aromatic nitrogens is 2. The first-order valence-corrected chi connectivity index (χ1v) is 8.70. The predicted molar refractivity (Wildman–Crippen MR) is 94.3 cm³/mol. The van der Waals surface area contributed by atoms with Crippen molar-refractivity contribution in [3.63, 3.8) is 0 Å². The normalized spacial score (nSPS) is 18.2. The van der Waals surface area contributed by atoms with Gasteiger partial charge >= 0.3 is 0 Å². The number of aryl methyl sites for hydroxylation is 1. The van der Waals surface area contributed by atoms with Crippen LogP contribution >= 0.6 is 0 Å². The van der Waals surface area contributed by atoms with Crippen molar-refractivity contribution in [2.45, 2.75) is 44.8 Å². The first-order chi connectivity index (χ1) is 11.2. The van der Waals surface area contributed by atoms with E-state index in [1.807, 2.05) is 12.4 Å². The summed E-state index contributed by atoms with van der Waals surface area (Å²) in [5.74, 6) is 1.12. The van der Waals surface area contributed by atoms with Crippen LogP contribution in [0.3, 0.4) is 0 Å². The molecule has 4 nitrogen and oxygen atoms in total. The van der Waals surface area contributed by atoms with E-state index in [0.29, 0.717) is 12.1 Å². The van der Waals surface area contributed by atoms with Crippen LogP contribution in [0.15, 0.2) is 42.7 Å². The van der Waals surface area contributed by atoms with Gasteiger partial charge in [0.25, 0.3) is 0 Å². The van der Waals surface area contributed by atoms with Crippen LogP contribution in [0.2, 0.25) is 0 Å². The molecule has 1 unspecified atom stereocenters. The number of imidazole rings is 1. The Kier molecular flexibility index (Phi) is 5.47. The maximum Gasteiger partial charge on any atom is 0.122 e. The molecule has 2 aromatic rings. The van der Waals surface area contributed by atoms with Gasteiger partial charge in [-0.1, -0.05) is 30.3 Å². The summed E-state index contributed by atoms with van der Waals surface area (Å²) < 4.78 is 2.09. The number of likely N-dealkylation sites (tertiary alicyclic amines) is 1. The van der Waals surface area contributed by atoms with Crippen LogP contribution < -0.4 is 5.32 Å². The van der Waals surface area contributed by atoms with Gasteiger partial charge in [0.15, 0.2) is 0 Å². The van der Waals surface area contributed by atoms with Gasteiger partial charge in [0, 0.05) is 31.5 Å². The zero-order valence-corrected chi connectivity index (χ0v) is 14.3. The molecule has 0 spiro atoms. The fraction of sp³-hybridized carbons (Fsp3) is 0.526. The summed E-state index contributed by atoms with van der Waals surface area (Å²) in [4.78, 5) is 7.01. The van der Waals surface area contributed by atoms with E-state index in [1.165, 1.54) is 31.5 Å². The lowest BCUT2D eigenvalue weighted by Crippen LogP contribution is -2.46. The number of hydrogen-bond acceptors (Lipinski definition) is 3. The molecule has 1 aromatic heterocycles. The van der Waals surface area contributed by atoms with Crippen molar-refractivity contribution >= 4 is 0 Å². The van der Waals surface area contributed by atoms with Gasteiger partial charge in [-0.2, -0.15) is 0 Å². The van der Waals surface area contributed by atoms with Crippen LogP contribution in [0, 0.1) is 0 Å². The van der Waals surface area contributed by atoms with Crippen molar-refractivity contribution in [3.8, 4) is 0 Å². The number of nitrogens with zero attached hydrogens (tertiary/aromatic N) is 3. The molecule has 1 N–H and O–H groups in total. The lowest BCUT2D eigenvalue weighted by atomic mass is 10.00. The van der Waals surface area contributed by atoms with Crippen molar-refractivity contribution in [2.75, 3.05) is 13.1 Å². The van der Waals surface area contributed by atoms with E-state index in [4.69, 9.17) is 0 Å². The second-order valence-corrected chi connectivity index (χ2v) is 6.68. The molecule has 0 aliphatic carbocycles. The van der Waals surface area contributed by atoms with Gasteiger partial charge in [0.1, 0.15) is 5.82 Å². The van der Waals surface area contributed by atoms with Gasteiger partial charge in [-0.15, -0.1) is 0 Å². The predicted octanol–water partition coefficient (Wildman–Crippen LogP) is 2.61. The van der Waals surface area contributed by atoms with E-state index in [9.17, 15) is 0 Å². The van der Waals surface area contributed by atoms with Crippen molar-refractivity contribution in [3.05, 3.63) is 54.1 Å². The summed E-state index contributed by atoms with van der Waals surface area (Å²) >= 11 is 0. The monoisotopic (exact) mass is 312 g/mol. The minimum Gasteiger partial charge on any atom is -0.337 e. The van der Waals surface area contributed by atoms with Crippen LogP contribution in [0.4, 0.5) is 0 Å². The summed E-state index contributed by atoms with van der Waals surface area (Å²) in [5, 5.41) is 3.66. The molecule has 1 fully saturated rings. The summed E-state index contributed by atoms with van der Waals surface area (Å²) in [7, 11) is 2.05. The molecular formula is C19H28N4. The lowest BCUT2D eigenvalue weighted by molar-refractivity contribution is 0.150. The molecule has 2 heterocycles. The SMILES string of the molecule is CC(Cc1ccccc1)N1CCC(NCc2nccn2C)CC1. The summed E-state index contributed by atoms with van der Waals surface area (Å²) in [6.45, 7) is 5.60. The average Bonchev–Trinajstić information content (AvgIpc) is 2.99. The highest BCUT2D eigenvalue weighted by Gasteiger charge is 2.22. The van der Waals surface area contributed by atoms with Crippen molar-refractivity contribution < 1.29 is 0 Å². The number of nitrogens with one attached hydrogen (secondary N) is 1. The number of hydrogen-bond donors (Lipinski definition) is 1. The maximum absolute atomic E-state index is 4.38. The number of benzene rings is 1. The summed E-state index contributed by atoms with van der Waals surface area (Å²) in [5.41, 5.74) is 1.44. The van der Waals surface area contributed by atoms with Crippen LogP contribution in [0.1, 0.15) is 31.2 Å². The average molecular weight is 312 g/mol. The van der Waals surface area contributed by atoms with E-state index in [2.05, 4.69) is 64.1 Å². The van der Waals surface area contributed by atoms with E-state index in [-0.39, 0.29) is 0 Å². The molecule has 3 rings (SSSR count). The van der Waals surface area contributed by atoms with Crippen LogP contribution in [-0.4, -0.2) is 39.6 Å². The van der Waals surface area contributed by atoms with Crippen LogP contribution in [-0.2, 0) is 20.0 Å². The van der Waals surface area contributed by atoms with Gasteiger partial charge in [0.2, 0.25) is 0 Å². The Morgan fingerprint density at radius 2 is 1.96 bits per heavy atom. The van der Waals surface area contributed by atoms with Gasteiger partial charge in [-0.25, -0.2) is 4.98 Å². The largest absolute Gasteiger partial charge is 0.337 e. The van der Waals surface area contributed by atoms with E-state index < -0.39 is 0 Å². The molecule has 0 saturated carbocycles. The molecule has 0 bridgehead atoms. The number of piperidine rings is 1. The fourth-order valence-electron chi connectivity index (χ4n) is 3.43. The second-order valence-electron chi connectivity index (χ2n) is 6.68. The Labute approximate surface area is 139 Å². The van der Waals surface area contributed by atoms with E-state index in [0.717, 1.165) is 18.8 Å². The Hall–Kier alpha value is -1.65. The van der Waals surface area contributed by atoms with Crippen LogP contribution in [0.25, 0.3) is 0 Å². The minimum atomic E-state index is 0.617. The Bertz CT molecular complexity index is 584. The highest BCUT2D eigenvalue weighted by molar-refractivity contribution is 5.15. The quantitative estimate of drug-likeness (QED) is 0.890. The Morgan fingerprint density at radius 1 is 1.22 bits per heavy atom. The van der Waals surface area contributed by atoms with Crippen molar-refractivity contribution in [1.82, 2.24) is 19.8 Å². The molecule has 0 radical (unpaired) electrons. The fourth-order valence-corrected chi connectivity index (χ4v) is 3.43. The third-order valence-electron chi connectivity index (χ3n) is 5.00. The molecule has 1 aliphatic rings. The highest BCUT2D eigenvalue weighted by Crippen LogP contribution is 2.16. The molecule has 4 heteroatoms. The molecule has 124 valence electrons. The van der Waals surface area contributed by atoms with Crippen molar-refractivity contribution in [2.24, 2.45) is 7.05 Å². The molecular weight excluding hydrogens is 284 g/mol. The lowest BCUT2D eigenvalue weighted by Gasteiger charge is -2.36. The summed E-state index contributed by atoms with van der Waals surface area (Å²) in [6, 6.07) is 12.1. The van der Waals surface area contributed by atoms with Gasteiger partial charge in [0.05, 0.1) is 6.54 Å². The second kappa shape index (κ2) is 7.75. The van der Waals surface area contributed by atoms with Crippen molar-refractivity contribution in [1.29, 1.82) is 0 Å². The highest BCUT2D eigenvalue weighted by atomic mass is 15.2. The standard InChI is InChI=1S/C19H28N4/c1-16(14-17-6-4-3-5-7-17)23-11-8-18(9-12-23)21-15-19-20-10-13-22(19)2/h3-7,10,13,16,18,21H,8-9,11-12,14-15H2,1-2H3. The van der Waals surface area contributed by atoms with E-state index >= 15 is 0 Å². The third kappa shape index (κ3) is 4.43. The molecule has 1 saturated heterocycles. The van der Waals surface area contributed by atoms with Gasteiger partial charge < -0.3 is 14.8 Å². The topological polar surface area (TPSA) is 33.1 Å². The summed E-state index contributed by atoms with van der Waals surface area (Å²) in [6.07, 6.45) is 7.47.